The summed E-state index contributed by atoms with van der Waals surface area (Å²) in [4.78, 5) is 12.9. The largest absolute Gasteiger partial charge is 0.508 e. The van der Waals surface area contributed by atoms with E-state index >= 15 is 0 Å². The fourth-order valence-electron chi connectivity index (χ4n) is 5.05. The molecule has 2 aliphatic heterocycles. The third kappa shape index (κ3) is 5.08. The van der Waals surface area contributed by atoms with Crippen molar-refractivity contribution in [3.05, 3.63) is 41.7 Å². The first-order chi connectivity index (χ1) is 17.1. The van der Waals surface area contributed by atoms with Gasteiger partial charge < -0.3 is 54.7 Å². The third-order valence-corrected chi connectivity index (χ3v) is 7.19. The van der Waals surface area contributed by atoms with Gasteiger partial charge in [0.2, 0.25) is 6.29 Å². The van der Waals surface area contributed by atoms with Crippen LogP contribution < -0.4 is 0 Å². The predicted octanol–water partition coefficient (Wildman–Crippen LogP) is -1.86. The molecular formula is C24H32O12. The van der Waals surface area contributed by atoms with Gasteiger partial charge in [0.1, 0.15) is 30.2 Å². The number of aliphatic hydroxyl groups excluding tert-OH is 6. The highest BCUT2D eigenvalue weighted by molar-refractivity contribution is 5.89. The molecule has 0 aromatic heterocycles. The lowest BCUT2D eigenvalue weighted by molar-refractivity contribution is -0.343. The van der Waals surface area contributed by atoms with Crippen molar-refractivity contribution in [3.63, 3.8) is 0 Å². The molecule has 0 amide bonds. The monoisotopic (exact) mass is 512 g/mol. The Morgan fingerprint density at radius 3 is 2.31 bits per heavy atom. The van der Waals surface area contributed by atoms with E-state index < -0.39 is 79.5 Å². The predicted molar refractivity (Wildman–Crippen MR) is 119 cm³/mol. The number of fused-ring (bicyclic) bond motifs is 1. The van der Waals surface area contributed by atoms with Crippen molar-refractivity contribution in [1.82, 2.24) is 0 Å². The normalized spacial score (nSPS) is 40.2. The minimum Gasteiger partial charge on any atom is -0.508 e. The Morgan fingerprint density at radius 2 is 1.64 bits per heavy atom. The number of phenolic OH excluding ortho intramolecular Hbond substituents is 1. The molecule has 12 heteroatoms. The zero-order valence-corrected chi connectivity index (χ0v) is 19.5. The number of aromatic hydroxyl groups is 1. The number of ether oxygens (including phenoxy) is 4. The van der Waals surface area contributed by atoms with Gasteiger partial charge in [-0.05, 0) is 23.6 Å². The fourth-order valence-corrected chi connectivity index (χ4v) is 5.05. The molecule has 0 radical (unpaired) electrons. The quantitative estimate of drug-likeness (QED) is 0.202. The van der Waals surface area contributed by atoms with Crippen LogP contribution in [0.15, 0.2) is 36.1 Å². The van der Waals surface area contributed by atoms with Crippen molar-refractivity contribution in [2.75, 3.05) is 13.2 Å². The molecule has 1 saturated carbocycles. The lowest BCUT2D eigenvalue weighted by Crippen LogP contribution is -2.60. The van der Waals surface area contributed by atoms with Gasteiger partial charge in [-0.2, -0.15) is 0 Å². The molecule has 1 aromatic carbocycles. The van der Waals surface area contributed by atoms with Crippen LogP contribution in [0.3, 0.4) is 0 Å². The van der Waals surface area contributed by atoms with Crippen LogP contribution in [0.4, 0.5) is 0 Å². The molecule has 7 N–H and O–H groups in total. The molecule has 0 spiro atoms. The minimum atomic E-state index is -1.67. The molecular weight excluding hydrogens is 480 g/mol. The van der Waals surface area contributed by atoms with Crippen molar-refractivity contribution >= 4 is 5.97 Å². The van der Waals surface area contributed by atoms with Crippen molar-refractivity contribution in [2.24, 2.45) is 17.8 Å². The first-order valence-electron chi connectivity index (χ1n) is 11.8. The lowest BCUT2D eigenvalue weighted by Gasteiger charge is -2.43. The van der Waals surface area contributed by atoms with Crippen LogP contribution in [0.25, 0.3) is 0 Å². The summed E-state index contributed by atoms with van der Waals surface area (Å²) in [6.07, 6.45) is -9.88. The number of esters is 1. The molecule has 36 heavy (non-hydrogen) atoms. The summed E-state index contributed by atoms with van der Waals surface area (Å²) >= 11 is 0. The maximum atomic E-state index is 12.9. The molecule has 12 nitrogen and oxygen atoms in total. The van der Waals surface area contributed by atoms with Crippen molar-refractivity contribution in [1.29, 1.82) is 0 Å². The maximum Gasteiger partial charge on any atom is 0.337 e. The van der Waals surface area contributed by atoms with Crippen LogP contribution >= 0.6 is 0 Å². The van der Waals surface area contributed by atoms with E-state index in [1.807, 2.05) is 0 Å². The zero-order chi connectivity index (χ0) is 26.1. The van der Waals surface area contributed by atoms with E-state index in [9.17, 15) is 40.5 Å². The standard InChI is InChI=1S/C24H32O12/c1-10-15-16(19(29)17(10)27)13(22(32)33-7-6-11-2-4-12(26)5-3-11)9-34-23(15)36-24-21(31)20(30)18(28)14(8-25)35-24/h2-5,9-10,14-21,23-31H,6-8H2,1H3. The average Bonchev–Trinajstić information content (AvgIpc) is 3.10. The van der Waals surface area contributed by atoms with Gasteiger partial charge in [-0.1, -0.05) is 19.1 Å². The first-order valence-corrected chi connectivity index (χ1v) is 11.8. The molecule has 11 atom stereocenters. The van der Waals surface area contributed by atoms with Crippen LogP contribution in [0, 0.1) is 17.8 Å². The second kappa shape index (κ2) is 11.0. The Bertz CT molecular complexity index is 934. The fraction of sp³-hybridized carbons (Fsp3) is 0.625. The van der Waals surface area contributed by atoms with Gasteiger partial charge in [-0.3, -0.25) is 0 Å². The first kappa shape index (κ1) is 26.8. The van der Waals surface area contributed by atoms with E-state index in [-0.39, 0.29) is 17.9 Å². The second-order valence-electron chi connectivity index (χ2n) is 9.41. The van der Waals surface area contributed by atoms with Crippen LogP contribution in [0.5, 0.6) is 5.75 Å². The Hall–Kier alpha value is -2.29. The number of aliphatic hydroxyl groups is 6. The van der Waals surface area contributed by atoms with Crippen LogP contribution in [-0.4, -0.2) is 104 Å². The molecule has 1 aromatic rings. The number of hydrogen-bond acceptors (Lipinski definition) is 12. The van der Waals surface area contributed by atoms with Gasteiger partial charge in [0, 0.05) is 18.3 Å². The van der Waals surface area contributed by atoms with Crippen molar-refractivity contribution in [3.8, 4) is 5.75 Å². The van der Waals surface area contributed by atoms with Crippen LogP contribution in [-0.2, 0) is 30.2 Å². The Morgan fingerprint density at radius 1 is 0.944 bits per heavy atom. The molecule has 4 rings (SSSR count). The van der Waals surface area contributed by atoms with Gasteiger partial charge in [-0.25, -0.2) is 4.79 Å². The smallest absolute Gasteiger partial charge is 0.337 e. The van der Waals surface area contributed by atoms with Gasteiger partial charge in [-0.15, -0.1) is 0 Å². The summed E-state index contributed by atoms with van der Waals surface area (Å²) in [5.41, 5.74) is 0.848. The highest BCUT2D eigenvalue weighted by atomic mass is 16.8. The second-order valence-corrected chi connectivity index (χ2v) is 9.41. The Kier molecular flexibility index (Phi) is 8.17. The molecule has 2 fully saturated rings. The lowest BCUT2D eigenvalue weighted by atomic mass is 9.82. The number of benzene rings is 1. The molecule has 1 aliphatic carbocycles. The summed E-state index contributed by atoms with van der Waals surface area (Å²) in [6.45, 7) is 1.03. The van der Waals surface area contributed by atoms with E-state index in [1.54, 1.807) is 19.1 Å². The third-order valence-electron chi connectivity index (χ3n) is 7.19. The minimum absolute atomic E-state index is 0.00950. The van der Waals surface area contributed by atoms with Gasteiger partial charge >= 0.3 is 5.97 Å². The summed E-state index contributed by atoms with van der Waals surface area (Å²) in [6, 6.07) is 6.43. The Labute approximate surface area is 206 Å². The van der Waals surface area contributed by atoms with Crippen molar-refractivity contribution < 1.29 is 59.5 Å². The van der Waals surface area contributed by atoms with E-state index in [2.05, 4.69) is 0 Å². The summed E-state index contributed by atoms with van der Waals surface area (Å²) < 4.78 is 22.1. The molecule has 0 bridgehead atoms. The SMILES string of the molecule is CC1C(O)C(O)C2C(C(=O)OCCc3ccc(O)cc3)=COC(OC3OC(CO)C(O)C(O)C3O)C12. The van der Waals surface area contributed by atoms with Crippen LogP contribution in [0.2, 0.25) is 0 Å². The zero-order valence-electron chi connectivity index (χ0n) is 19.5. The average molecular weight is 513 g/mol. The summed E-state index contributed by atoms with van der Waals surface area (Å²) in [5, 5.41) is 70.3. The topological polar surface area (TPSA) is 196 Å². The molecule has 200 valence electrons. The molecule has 2 heterocycles. The Balaban J connectivity index is 1.47. The number of phenols is 1. The highest BCUT2D eigenvalue weighted by Gasteiger charge is 2.57. The number of hydrogen-bond donors (Lipinski definition) is 7. The van der Waals surface area contributed by atoms with E-state index in [0.29, 0.717) is 6.42 Å². The van der Waals surface area contributed by atoms with Gasteiger partial charge in [0.25, 0.3) is 0 Å². The van der Waals surface area contributed by atoms with Crippen molar-refractivity contribution in [2.45, 2.75) is 62.5 Å². The molecule has 3 aliphatic rings. The molecule has 11 unspecified atom stereocenters. The number of rotatable bonds is 7. The molecule has 1 saturated heterocycles. The highest BCUT2D eigenvalue weighted by Crippen LogP contribution is 2.47. The van der Waals surface area contributed by atoms with Gasteiger partial charge in [0.05, 0.1) is 37.3 Å². The van der Waals surface area contributed by atoms with Gasteiger partial charge in [0.15, 0.2) is 6.29 Å². The number of carbonyl (C=O) groups excluding carboxylic acids is 1. The number of carbonyl (C=O) groups is 1. The summed E-state index contributed by atoms with van der Waals surface area (Å²) in [7, 11) is 0. The van der Waals surface area contributed by atoms with E-state index in [0.717, 1.165) is 11.8 Å². The maximum absolute atomic E-state index is 12.9. The van der Waals surface area contributed by atoms with E-state index in [1.165, 1.54) is 12.1 Å². The van der Waals surface area contributed by atoms with Crippen LogP contribution in [0.1, 0.15) is 12.5 Å². The summed E-state index contributed by atoms with van der Waals surface area (Å²) in [5.74, 6) is -2.90. The van der Waals surface area contributed by atoms with E-state index in [4.69, 9.17) is 18.9 Å².